The zero-order valence-electron chi connectivity index (χ0n) is 41.2. The minimum Gasteiger partial charge on any atom is -0.481 e. The summed E-state index contributed by atoms with van der Waals surface area (Å²) in [6, 6.07) is -1.13. The van der Waals surface area contributed by atoms with Crippen LogP contribution in [-0.4, -0.2) is 179 Å². The van der Waals surface area contributed by atoms with Crippen LogP contribution < -0.4 is 5.73 Å². The van der Waals surface area contributed by atoms with E-state index in [9.17, 15) is 60.7 Å². The molecule has 0 aromatic heterocycles. The summed E-state index contributed by atoms with van der Waals surface area (Å²) in [5, 5.41) is 116. The first-order chi connectivity index (χ1) is 32.9. The highest BCUT2D eigenvalue weighted by molar-refractivity contribution is 5.74. The molecule has 2 fully saturated rings. The monoisotopic (exact) mass is 1000 g/mol. The molecule has 0 aromatic rings. The van der Waals surface area contributed by atoms with Crippen molar-refractivity contribution in [2.75, 3.05) is 7.11 Å². The summed E-state index contributed by atoms with van der Waals surface area (Å²) < 4.78 is 28.4. The summed E-state index contributed by atoms with van der Waals surface area (Å²) in [7, 11) is 1.12. The highest BCUT2D eigenvalue weighted by atomic mass is 16.7. The molecule has 0 saturated carbocycles. The molecular formula is C50H81NO19. The largest absolute Gasteiger partial charge is 0.481 e. The number of carbonyl (C=O) groups excluding carboxylic acids is 2. The third kappa shape index (κ3) is 22.4. The van der Waals surface area contributed by atoms with Gasteiger partial charge in [0.25, 0.3) is 5.97 Å². The number of hydrogen-bond donors (Lipinski definition) is 12. The minimum atomic E-state index is -2.30. The fourth-order valence-electron chi connectivity index (χ4n) is 8.23. The Hall–Kier alpha value is -3.71. The third-order valence-corrected chi connectivity index (χ3v) is 12.4. The van der Waals surface area contributed by atoms with Crippen molar-refractivity contribution in [1.29, 1.82) is 0 Å². The second-order valence-corrected chi connectivity index (χ2v) is 18.6. The van der Waals surface area contributed by atoms with Gasteiger partial charge >= 0.3 is 11.9 Å². The van der Waals surface area contributed by atoms with Gasteiger partial charge in [-0.25, -0.2) is 0 Å². The Kier molecular flexibility index (Phi) is 28.2. The van der Waals surface area contributed by atoms with Gasteiger partial charge in [0.1, 0.15) is 18.1 Å². The van der Waals surface area contributed by atoms with Gasteiger partial charge in [-0.2, -0.15) is 0 Å². The Morgan fingerprint density at radius 2 is 1.26 bits per heavy atom. The van der Waals surface area contributed by atoms with Gasteiger partial charge in [0.05, 0.1) is 86.7 Å². The number of cyclic esters (lactones) is 1. The van der Waals surface area contributed by atoms with E-state index in [0.29, 0.717) is 0 Å². The maximum atomic E-state index is 13.1. The average molecular weight is 1000 g/mol. The Bertz CT molecular complexity index is 1730. The molecule has 3 rings (SSSR count). The third-order valence-electron chi connectivity index (χ3n) is 12.4. The number of methoxy groups -OCH3 is 1. The molecule has 20 heteroatoms. The van der Waals surface area contributed by atoms with Gasteiger partial charge in [-0.15, -0.1) is 0 Å². The number of carbonyl (C=O) groups is 3. The Morgan fingerprint density at radius 1 is 0.700 bits per heavy atom. The number of nitrogens with two attached hydrogens (primary N) is 1. The average Bonchev–Trinajstić information content (AvgIpc) is 3.27. The summed E-state index contributed by atoms with van der Waals surface area (Å²) in [5.74, 6) is -6.76. The zero-order chi connectivity index (χ0) is 52.7. The first-order valence-electron chi connectivity index (χ1n) is 24.0. The number of hydrogen-bond acceptors (Lipinski definition) is 19. The molecule has 0 aliphatic carbocycles. The van der Waals surface area contributed by atoms with Crippen molar-refractivity contribution >= 4 is 17.9 Å². The summed E-state index contributed by atoms with van der Waals surface area (Å²) in [6.45, 7) is 7.90. The van der Waals surface area contributed by atoms with Crippen LogP contribution in [0.3, 0.4) is 0 Å². The summed E-state index contributed by atoms with van der Waals surface area (Å²) in [6.07, 6.45) is 3.32. The van der Waals surface area contributed by atoms with E-state index in [1.165, 1.54) is 0 Å². The molecule has 0 spiro atoms. The van der Waals surface area contributed by atoms with Crippen LogP contribution in [-0.2, 0) is 38.1 Å². The number of ether oxygens (including phenoxy) is 5. The highest BCUT2D eigenvalue weighted by Gasteiger charge is 2.51. The van der Waals surface area contributed by atoms with Crippen LogP contribution in [0, 0.1) is 17.8 Å². The van der Waals surface area contributed by atoms with Gasteiger partial charge in [-0.3, -0.25) is 14.4 Å². The summed E-state index contributed by atoms with van der Waals surface area (Å²) in [5.41, 5.74) is 6.06. The summed E-state index contributed by atoms with van der Waals surface area (Å²) >= 11 is 0. The van der Waals surface area contributed by atoms with Gasteiger partial charge in [-0.1, -0.05) is 86.8 Å². The molecule has 0 amide bonds. The number of rotatable bonds is 3. The molecule has 400 valence electrons. The lowest BCUT2D eigenvalue weighted by atomic mass is 9.82. The van der Waals surface area contributed by atoms with Gasteiger partial charge in [0.2, 0.25) is 0 Å². The molecule has 19 atom stereocenters. The van der Waals surface area contributed by atoms with E-state index in [2.05, 4.69) is 0 Å². The number of aliphatic hydroxyl groups is 10. The van der Waals surface area contributed by atoms with Gasteiger partial charge in [0, 0.05) is 38.0 Å². The van der Waals surface area contributed by atoms with E-state index in [-0.39, 0.29) is 38.0 Å². The van der Waals surface area contributed by atoms with Crippen LogP contribution in [0.4, 0.5) is 0 Å². The van der Waals surface area contributed by atoms with Crippen molar-refractivity contribution in [3.8, 4) is 0 Å². The summed E-state index contributed by atoms with van der Waals surface area (Å²) in [4.78, 5) is 34.7. The Balaban J connectivity index is 0.00000403. The second-order valence-electron chi connectivity index (χ2n) is 18.6. The van der Waals surface area contributed by atoms with Crippen molar-refractivity contribution in [2.45, 2.75) is 196 Å². The number of aliphatic carboxylic acids is 1. The SMILES string of the molecule is CC(=O)O.COC(=O)[C@H]1[C@@H]2C[C@@H](O[C@@H]3O[C@H](C)[C@@H](O)[C@H](N)[C@@H]3O)/C=C/C=C\C=C/C=C\CC/C=C\C=C/[C@H](C)[C@@H](O)[C@@H](C)[C@H](C)OC(=O)C[C@H](O)C[C@H](O)C[C@H](O)CC[C@@H](O)[C@H](O)C[C@](O)(C[C@@H]1O)O2. The molecule has 2 saturated heterocycles. The number of fused-ring (bicyclic) bond motifs is 2. The fraction of sp³-hybridized carbons (Fsp3) is 0.700. The molecule has 13 N–H and O–H groups in total. The quantitative estimate of drug-likeness (QED) is 0.176. The van der Waals surface area contributed by atoms with Crippen LogP contribution in [0.15, 0.2) is 72.9 Å². The van der Waals surface area contributed by atoms with Crippen molar-refractivity contribution in [3.05, 3.63) is 72.9 Å². The molecule has 3 heterocycles. The van der Waals surface area contributed by atoms with Gasteiger partial charge in [-0.05, 0) is 52.4 Å². The topological polar surface area (TPSA) is 346 Å². The number of carboxylic acid groups (broad SMARTS) is 1. The smallest absolute Gasteiger partial charge is 0.313 e. The van der Waals surface area contributed by atoms with Crippen molar-refractivity contribution in [1.82, 2.24) is 0 Å². The molecule has 0 radical (unpaired) electrons. The first-order valence-corrected chi connectivity index (χ1v) is 24.0. The van der Waals surface area contributed by atoms with Gasteiger partial charge < -0.3 is 85.6 Å². The predicted molar refractivity (Wildman–Crippen MR) is 255 cm³/mol. The van der Waals surface area contributed by atoms with E-state index in [0.717, 1.165) is 26.9 Å². The van der Waals surface area contributed by atoms with E-state index in [1.54, 1.807) is 51.2 Å². The molecular weight excluding hydrogens is 919 g/mol. The van der Waals surface area contributed by atoms with Gasteiger partial charge in [0.15, 0.2) is 12.1 Å². The number of aliphatic hydroxyl groups excluding tert-OH is 9. The lowest BCUT2D eigenvalue weighted by molar-refractivity contribution is -0.310. The molecule has 3 aliphatic rings. The van der Waals surface area contributed by atoms with E-state index in [4.69, 9.17) is 39.3 Å². The second kappa shape index (κ2) is 31.7. The lowest BCUT2D eigenvalue weighted by Crippen LogP contribution is -2.61. The number of carboxylic acids is 1. The molecule has 70 heavy (non-hydrogen) atoms. The van der Waals surface area contributed by atoms with Crippen molar-refractivity contribution in [2.24, 2.45) is 23.5 Å². The van der Waals surface area contributed by atoms with Crippen LogP contribution in [0.25, 0.3) is 0 Å². The molecule has 0 unspecified atom stereocenters. The predicted octanol–water partition coefficient (Wildman–Crippen LogP) is 1.12. The molecule has 0 aromatic carbocycles. The zero-order valence-corrected chi connectivity index (χ0v) is 41.2. The van der Waals surface area contributed by atoms with E-state index in [1.807, 2.05) is 49.5 Å². The molecule has 20 nitrogen and oxygen atoms in total. The lowest BCUT2D eigenvalue weighted by Gasteiger charge is -2.45. The number of allylic oxidation sites excluding steroid dienone is 10. The van der Waals surface area contributed by atoms with Crippen LogP contribution in [0.5, 0.6) is 0 Å². The minimum absolute atomic E-state index is 0.120. The molecule has 2 bridgehead atoms. The van der Waals surface area contributed by atoms with Crippen molar-refractivity contribution < 1.29 is 94.2 Å². The fourth-order valence-corrected chi connectivity index (χ4v) is 8.23. The van der Waals surface area contributed by atoms with E-state index >= 15 is 0 Å². The Morgan fingerprint density at radius 3 is 1.89 bits per heavy atom. The van der Waals surface area contributed by atoms with Crippen LogP contribution >= 0.6 is 0 Å². The normalized spacial score (nSPS) is 42.5. The van der Waals surface area contributed by atoms with Crippen LogP contribution in [0.1, 0.15) is 98.8 Å². The first kappa shape index (κ1) is 62.4. The number of esters is 2. The van der Waals surface area contributed by atoms with E-state index < -0.39 is 146 Å². The highest BCUT2D eigenvalue weighted by Crippen LogP contribution is 2.38. The van der Waals surface area contributed by atoms with Crippen molar-refractivity contribution in [3.63, 3.8) is 0 Å². The molecule has 3 aliphatic heterocycles. The van der Waals surface area contributed by atoms with Crippen LogP contribution in [0.2, 0.25) is 0 Å². The Labute approximate surface area is 411 Å². The maximum Gasteiger partial charge on any atom is 0.313 e. The maximum absolute atomic E-state index is 13.1. The standard InChI is InChI=1S/C48H77NO17.C2H4O2/c1-28-18-16-14-12-10-8-6-7-9-11-13-15-17-19-35(65-47-45(59)42(49)44(58)31(4)64-47)25-39-41(46(60)62-5)38(55)27-48(61,66-39)26-37(54)36(53)21-20-32(50)22-33(51)23-34(52)24-40(56)63-30(3)29(2)43(28)57;1-2(3)4/h6-7,9,11-19,28-39,41-45,47,50-55,57-59,61H,8,10,20-27,49H2,1-5H3;1H3,(H,3,4)/b7-6-,11-9-,14-12-,15-13-,18-16-,19-17+;/t28-,29-,30-,31+,32+,33+,34+,35-,36+,37+,38-,39-,41+,42-,43+,44+,45-,47-,48+;/m0./s1.